The van der Waals surface area contributed by atoms with Crippen LogP contribution in [0.2, 0.25) is 0 Å². The highest BCUT2D eigenvalue weighted by Gasteiger charge is 2.40. The minimum absolute atomic E-state index is 0.00442. The number of hydrogen-bond donors (Lipinski definition) is 3. The average molecular weight is 857 g/mol. The van der Waals surface area contributed by atoms with Crippen molar-refractivity contribution >= 4 is 46.1 Å². The highest BCUT2D eigenvalue weighted by atomic mass is 32.1. The number of nitrogens with one attached hydrogen (secondary N) is 2. The molecule has 0 radical (unpaired) electrons. The van der Waals surface area contributed by atoms with Crippen molar-refractivity contribution in [2.24, 2.45) is 17.3 Å². The van der Waals surface area contributed by atoms with Gasteiger partial charge in [-0.2, -0.15) is 0 Å². The molecule has 3 N–H and O–H groups in total. The number of aromatic nitrogens is 3. The fourth-order valence-electron chi connectivity index (χ4n) is 8.93. The number of thiazole rings is 1. The number of rotatable bonds is 9. The molecule has 0 spiro atoms. The van der Waals surface area contributed by atoms with Crippen LogP contribution in [0.15, 0.2) is 41.9 Å². The molecule has 6 bridgehead atoms. The Bertz CT molecular complexity index is 2270. The number of aryl methyl sites for hydroxylation is 1. The van der Waals surface area contributed by atoms with Crippen LogP contribution in [0.4, 0.5) is 4.79 Å². The van der Waals surface area contributed by atoms with Gasteiger partial charge in [0.25, 0.3) is 5.91 Å². The molecule has 2 fully saturated rings. The van der Waals surface area contributed by atoms with Crippen LogP contribution in [0.3, 0.4) is 0 Å². The lowest BCUT2D eigenvalue weighted by Crippen LogP contribution is -2.63. The fourth-order valence-corrected chi connectivity index (χ4v) is 9.78. The molecular weight excluding hydrogens is 797 g/mol. The highest BCUT2D eigenvalue weighted by molar-refractivity contribution is 7.10. The van der Waals surface area contributed by atoms with E-state index in [-0.39, 0.29) is 43.6 Å². The number of fused-ring (bicyclic) bond motifs is 6. The third kappa shape index (κ3) is 9.04. The zero-order valence-electron chi connectivity index (χ0n) is 36.6. The van der Waals surface area contributed by atoms with E-state index in [1.165, 1.54) is 21.2 Å². The number of esters is 1. The molecule has 16 heteroatoms. The molecule has 0 aliphatic carbocycles. The number of amides is 4. The monoisotopic (exact) mass is 856 g/mol. The normalized spacial score (nSPS) is 20.8. The van der Waals surface area contributed by atoms with Crippen molar-refractivity contribution in [1.82, 2.24) is 40.1 Å². The summed E-state index contributed by atoms with van der Waals surface area (Å²) in [6, 6.07) is 7.39. The lowest BCUT2D eigenvalue weighted by molar-refractivity contribution is -0.155. The number of likely N-dealkylation sites (tertiary alicyclic amines) is 1. The van der Waals surface area contributed by atoms with Crippen LogP contribution in [0, 0.1) is 17.3 Å². The van der Waals surface area contributed by atoms with Gasteiger partial charge in [-0.05, 0) is 68.9 Å². The second-order valence-electron chi connectivity index (χ2n) is 17.8. The Morgan fingerprint density at radius 2 is 1.95 bits per heavy atom. The molecule has 3 aliphatic rings. The van der Waals surface area contributed by atoms with Crippen LogP contribution in [0.25, 0.3) is 33.4 Å². The molecule has 3 aliphatic heterocycles. The molecule has 2 saturated heterocycles. The molecule has 328 valence electrons. The van der Waals surface area contributed by atoms with Gasteiger partial charge in [0.1, 0.15) is 18.1 Å². The van der Waals surface area contributed by atoms with E-state index >= 15 is 0 Å². The number of hydrazine groups is 1. The van der Waals surface area contributed by atoms with Crippen molar-refractivity contribution in [3.63, 3.8) is 0 Å². The lowest BCUT2D eigenvalue weighted by Gasteiger charge is -2.42. The van der Waals surface area contributed by atoms with Gasteiger partial charge in [-0.25, -0.2) is 15.2 Å². The molecule has 4 atom stereocenters. The summed E-state index contributed by atoms with van der Waals surface area (Å²) in [5.41, 5.74) is 9.30. The summed E-state index contributed by atoms with van der Waals surface area (Å²) >= 11 is 1.41. The molecule has 4 amide bonds. The summed E-state index contributed by atoms with van der Waals surface area (Å²) in [5.74, 6) is -1.59. The largest absolute Gasteiger partial charge is 0.464 e. The molecule has 3 aromatic heterocycles. The zero-order valence-corrected chi connectivity index (χ0v) is 37.4. The van der Waals surface area contributed by atoms with Crippen LogP contribution in [0.5, 0.6) is 0 Å². The molecule has 61 heavy (non-hydrogen) atoms. The number of methoxy groups -OCH3 is 1. The number of cyclic esters (lactones) is 1. The number of carbonyl (C=O) groups excluding carboxylic acids is 4. The maximum atomic E-state index is 14.5. The van der Waals surface area contributed by atoms with E-state index in [0.29, 0.717) is 50.4 Å². The van der Waals surface area contributed by atoms with Crippen molar-refractivity contribution in [3.8, 4) is 22.5 Å². The maximum Gasteiger partial charge on any atom is 0.324 e. The van der Waals surface area contributed by atoms with Gasteiger partial charge in [-0.1, -0.05) is 33.8 Å². The first-order valence-corrected chi connectivity index (χ1v) is 22.3. The standard InChI is InChI=1S/C45H60N8O7S/c1-9-52-36-15-14-29-18-31(36)32(40(52)30-12-10-16-46-38(30)27(4)59-8)20-45(5,6)25-60-43(57)33-13-11-17-53(49-33)42(56)34(19-37-47-35(29)24-61-37)48-41(55)39(26(2)3)50(7)44(58)51-21-28(22-51)23-54/h10,12,14-16,18,24,26-28,33-34,39,49,54H,9,11,13,17,19-23,25H2,1-8H3,(H,48,55)/t27-,33-,34-,39-/m0/s1. The lowest BCUT2D eigenvalue weighted by atomic mass is 9.84. The smallest absolute Gasteiger partial charge is 0.324 e. The van der Waals surface area contributed by atoms with Crippen molar-refractivity contribution in [2.75, 3.05) is 47.0 Å². The molecule has 4 aromatic rings. The van der Waals surface area contributed by atoms with Gasteiger partial charge in [-0.3, -0.25) is 24.4 Å². The first-order valence-electron chi connectivity index (χ1n) is 21.4. The van der Waals surface area contributed by atoms with E-state index < -0.39 is 41.3 Å². The third-order valence-corrected chi connectivity index (χ3v) is 13.1. The van der Waals surface area contributed by atoms with Gasteiger partial charge >= 0.3 is 12.0 Å². The predicted octanol–water partition coefficient (Wildman–Crippen LogP) is 5.20. The molecule has 6 heterocycles. The van der Waals surface area contributed by atoms with Crippen LogP contribution >= 0.6 is 11.3 Å². The van der Waals surface area contributed by atoms with Gasteiger partial charge in [0.15, 0.2) is 0 Å². The van der Waals surface area contributed by atoms with Crippen molar-refractivity contribution in [1.29, 1.82) is 0 Å². The van der Waals surface area contributed by atoms with Gasteiger partial charge in [-0.15, -0.1) is 11.3 Å². The summed E-state index contributed by atoms with van der Waals surface area (Å²) in [6.07, 6.45) is 3.24. The maximum absolute atomic E-state index is 14.5. The van der Waals surface area contributed by atoms with Crippen LogP contribution < -0.4 is 10.7 Å². The predicted molar refractivity (Wildman–Crippen MR) is 233 cm³/mol. The first kappa shape index (κ1) is 44.2. The molecule has 7 rings (SSSR count). The molecular formula is C45H60N8O7S. The van der Waals surface area contributed by atoms with Crippen LogP contribution in [0.1, 0.15) is 76.8 Å². The molecule has 0 saturated carbocycles. The fraction of sp³-hybridized carbons (Fsp3) is 0.556. The summed E-state index contributed by atoms with van der Waals surface area (Å²) in [6.45, 7) is 14.0. The zero-order chi connectivity index (χ0) is 43.7. The number of aliphatic hydroxyl groups is 1. The average Bonchev–Trinajstić information content (AvgIpc) is 3.82. The Labute approximate surface area is 361 Å². The van der Waals surface area contributed by atoms with Crippen molar-refractivity contribution < 1.29 is 33.8 Å². The van der Waals surface area contributed by atoms with E-state index in [4.69, 9.17) is 19.4 Å². The van der Waals surface area contributed by atoms with E-state index in [9.17, 15) is 24.3 Å². The van der Waals surface area contributed by atoms with Crippen molar-refractivity contribution in [2.45, 2.75) is 98.0 Å². The number of urea groups is 1. The second kappa shape index (κ2) is 18.2. The number of ether oxygens (including phenoxy) is 2. The number of pyridine rings is 1. The third-order valence-electron chi connectivity index (χ3n) is 12.3. The SMILES string of the molecule is CCn1c(-c2cccnc2[C@H](C)OC)c2c3cc(ccc31)-c1csc(n1)C[C@H](NC(=O)[C@H](C(C)C)N(C)C(=O)N1CC(CO)C1)C(=O)N1CCC[C@H](N1)C(=O)OCC(C)(C)C2. The topological polar surface area (TPSA) is 171 Å². The number of nitrogens with zero attached hydrogens (tertiary/aromatic N) is 6. The van der Waals surface area contributed by atoms with E-state index in [0.717, 1.165) is 44.7 Å². The van der Waals surface area contributed by atoms with E-state index in [2.05, 4.69) is 60.3 Å². The number of hydrogen-bond acceptors (Lipinski definition) is 11. The van der Waals surface area contributed by atoms with E-state index in [1.807, 2.05) is 32.2 Å². The quantitative estimate of drug-likeness (QED) is 0.190. The Kier molecular flexibility index (Phi) is 13.2. The summed E-state index contributed by atoms with van der Waals surface area (Å²) in [7, 11) is 3.28. The van der Waals surface area contributed by atoms with E-state index in [1.54, 1.807) is 25.3 Å². The summed E-state index contributed by atoms with van der Waals surface area (Å²) < 4.78 is 14.2. The summed E-state index contributed by atoms with van der Waals surface area (Å²) in [5, 5.41) is 17.6. The molecule has 15 nitrogen and oxygen atoms in total. The van der Waals surface area contributed by atoms with Crippen LogP contribution in [-0.2, 0) is 43.2 Å². The second-order valence-corrected chi connectivity index (χ2v) is 18.8. The summed E-state index contributed by atoms with van der Waals surface area (Å²) in [4.78, 5) is 68.9. The molecule has 1 aromatic carbocycles. The number of carbonyl (C=O) groups is 4. The minimum atomic E-state index is -1.06. The van der Waals surface area contributed by atoms with Crippen LogP contribution in [-0.4, -0.2) is 123 Å². The Balaban J connectivity index is 1.29. The Morgan fingerprint density at radius 1 is 1.18 bits per heavy atom. The Morgan fingerprint density at radius 3 is 2.66 bits per heavy atom. The van der Waals surface area contributed by atoms with Gasteiger partial charge < -0.3 is 34.3 Å². The van der Waals surface area contributed by atoms with Gasteiger partial charge in [0.2, 0.25) is 5.91 Å². The molecule has 0 unspecified atom stereocenters. The number of likely N-dealkylation sites (N-methyl/N-ethyl adjacent to an activating group) is 1. The Hall–Kier alpha value is -4.90. The van der Waals surface area contributed by atoms with Crippen molar-refractivity contribution in [3.05, 3.63) is 58.2 Å². The number of benzene rings is 1. The first-order chi connectivity index (χ1) is 29.1. The highest BCUT2D eigenvalue weighted by Crippen LogP contribution is 2.42. The number of aliphatic hydroxyl groups excluding tert-OH is 1. The van der Waals surface area contributed by atoms with Gasteiger partial charge in [0, 0.05) is 98.3 Å². The van der Waals surface area contributed by atoms with Gasteiger partial charge in [0.05, 0.1) is 34.8 Å². The minimum Gasteiger partial charge on any atom is -0.464 e.